The summed E-state index contributed by atoms with van der Waals surface area (Å²) in [5.74, 6) is -0.312. The highest BCUT2D eigenvalue weighted by Crippen LogP contribution is 2.22. The van der Waals surface area contributed by atoms with E-state index in [-0.39, 0.29) is 18.2 Å². The molecule has 0 bridgehead atoms. The predicted octanol–water partition coefficient (Wildman–Crippen LogP) is 1.25. The first-order valence-electron chi connectivity index (χ1n) is 4.72. The van der Waals surface area contributed by atoms with Crippen LogP contribution in [-0.2, 0) is 14.3 Å². The molecule has 13 heavy (non-hydrogen) atoms. The zero-order chi connectivity index (χ0) is 9.26. The second-order valence-corrected chi connectivity index (χ2v) is 3.52. The summed E-state index contributed by atoms with van der Waals surface area (Å²) in [6.07, 6.45) is 4.86. The van der Waals surface area contributed by atoms with Crippen LogP contribution in [0.1, 0.15) is 32.6 Å². The first-order chi connectivity index (χ1) is 6.25. The van der Waals surface area contributed by atoms with Crippen LogP contribution in [0.2, 0.25) is 0 Å². The van der Waals surface area contributed by atoms with Gasteiger partial charge in [0, 0.05) is 0 Å². The number of hydrogen-bond acceptors (Lipinski definition) is 4. The number of esters is 1. The first-order valence-corrected chi connectivity index (χ1v) is 4.72. The summed E-state index contributed by atoms with van der Waals surface area (Å²) >= 11 is 0. The van der Waals surface area contributed by atoms with Crippen LogP contribution in [-0.4, -0.2) is 24.2 Å². The van der Waals surface area contributed by atoms with E-state index in [1.165, 1.54) is 12.8 Å². The molecule has 1 unspecified atom stereocenters. The minimum Gasteiger partial charge on any atom is -0.447 e. The van der Waals surface area contributed by atoms with E-state index in [1.807, 2.05) is 0 Å². The molecule has 2 aliphatic rings. The fourth-order valence-corrected chi connectivity index (χ4v) is 1.61. The largest absolute Gasteiger partial charge is 0.447 e. The fraction of sp³-hybridized carbons (Fsp3) is 0.778. The molecule has 0 aromatic rings. The van der Waals surface area contributed by atoms with Crippen molar-refractivity contribution in [2.24, 2.45) is 4.99 Å². The number of ether oxygens (including phenoxy) is 2. The lowest BCUT2D eigenvalue weighted by Gasteiger charge is -2.09. The molecular formula is C9H13NO3. The van der Waals surface area contributed by atoms with Crippen molar-refractivity contribution >= 4 is 12.1 Å². The van der Waals surface area contributed by atoms with Crippen molar-refractivity contribution in [2.45, 2.75) is 44.8 Å². The molecule has 2 rings (SSSR count). The van der Waals surface area contributed by atoms with E-state index >= 15 is 0 Å². The van der Waals surface area contributed by atoms with E-state index in [2.05, 4.69) is 4.99 Å². The van der Waals surface area contributed by atoms with Gasteiger partial charge in [0.15, 0.2) is 6.04 Å². The predicted molar refractivity (Wildman–Crippen MR) is 46.3 cm³/mol. The quantitative estimate of drug-likeness (QED) is 0.575. The van der Waals surface area contributed by atoms with Gasteiger partial charge >= 0.3 is 12.1 Å². The molecule has 0 spiro atoms. The number of cyclic esters (lactones) is 1. The van der Waals surface area contributed by atoms with Crippen molar-refractivity contribution < 1.29 is 14.3 Å². The molecule has 1 aliphatic carbocycles. The monoisotopic (exact) mass is 183 g/mol. The Morgan fingerprint density at radius 2 is 2.15 bits per heavy atom. The van der Waals surface area contributed by atoms with Gasteiger partial charge in [-0.1, -0.05) is 0 Å². The number of rotatable bonds is 1. The summed E-state index contributed by atoms with van der Waals surface area (Å²) in [6.45, 7) is 1.70. The van der Waals surface area contributed by atoms with E-state index in [4.69, 9.17) is 9.47 Å². The standard InChI is InChI=1S/C9H13NO3/c1-6-8(11)13-9(10-6)12-7-4-2-3-5-7/h6-7H,2-5H2,1H3. The van der Waals surface area contributed by atoms with Crippen molar-refractivity contribution in [1.29, 1.82) is 0 Å². The van der Waals surface area contributed by atoms with E-state index in [1.54, 1.807) is 6.92 Å². The normalized spacial score (nSPS) is 28.8. The van der Waals surface area contributed by atoms with E-state index < -0.39 is 6.04 Å². The maximum absolute atomic E-state index is 10.9. The van der Waals surface area contributed by atoms with Gasteiger partial charge in [-0.3, -0.25) is 0 Å². The Labute approximate surface area is 76.9 Å². The van der Waals surface area contributed by atoms with Crippen molar-refractivity contribution in [3.63, 3.8) is 0 Å². The first kappa shape index (κ1) is 8.53. The molecular weight excluding hydrogens is 170 g/mol. The molecule has 0 N–H and O–H groups in total. The fourth-order valence-electron chi connectivity index (χ4n) is 1.61. The zero-order valence-corrected chi connectivity index (χ0v) is 7.66. The number of nitrogens with zero attached hydrogens (tertiary/aromatic N) is 1. The Morgan fingerprint density at radius 1 is 1.46 bits per heavy atom. The molecule has 0 radical (unpaired) electrons. The summed E-state index contributed by atoms with van der Waals surface area (Å²) in [5.41, 5.74) is 0. The van der Waals surface area contributed by atoms with Gasteiger partial charge in [0.2, 0.25) is 0 Å². The average Bonchev–Trinajstić information content (AvgIpc) is 2.64. The highest BCUT2D eigenvalue weighted by molar-refractivity contribution is 5.93. The lowest BCUT2D eigenvalue weighted by Crippen LogP contribution is -2.16. The minimum atomic E-state index is -0.392. The Kier molecular flexibility index (Phi) is 2.20. The number of hydrogen-bond donors (Lipinski definition) is 0. The van der Waals surface area contributed by atoms with Crippen LogP contribution in [0.15, 0.2) is 4.99 Å². The van der Waals surface area contributed by atoms with Crippen LogP contribution < -0.4 is 0 Å². The maximum atomic E-state index is 10.9. The van der Waals surface area contributed by atoms with Crippen LogP contribution in [0.4, 0.5) is 0 Å². The van der Waals surface area contributed by atoms with E-state index in [0.717, 1.165) is 12.8 Å². The van der Waals surface area contributed by atoms with E-state index in [9.17, 15) is 4.79 Å². The minimum absolute atomic E-state index is 0.171. The number of carbonyl (C=O) groups is 1. The zero-order valence-electron chi connectivity index (χ0n) is 7.66. The highest BCUT2D eigenvalue weighted by atomic mass is 16.7. The van der Waals surface area contributed by atoms with E-state index in [0.29, 0.717) is 0 Å². The summed E-state index contributed by atoms with van der Waals surface area (Å²) < 4.78 is 10.2. The van der Waals surface area contributed by atoms with Gasteiger partial charge in [-0.15, -0.1) is 0 Å². The van der Waals surface area contributed by atoms with Gasteiger partial charge < -0.3 is 9.47 Å². The molecule has 72 valence electrons. The third-order valence-electron chi connectivity index (χ3n) is 2.40. The van der Waals surface area contributed by atoms with Gasteiger partial charge in [0.1, 0.15) is 6.10 Å². The van der Waals surface area contributed by atoms with Gasteiger partial charge in [0.25, 0.3) is 0 Å². The molecule has 0 saturated heterocycles. The maximum Gasteiger partial charge on any atom is 0.392 e. The third kappa shape index (κ3) is 1.82. The van der Waals surface area contributed by atoms with Crippen LogP contribution >= 0.6 is 0 Å². The van der Waals surface area contributed by atoms with Crippen LogP contribution in [0.5, 0.6) is 0 Å². The summed E-state index contributed by atoms with van der Waals surface area (Å²) in [4.78, 5) is 14.9. The molecule has 1 fully saturated rings. The second kappa shape index (κ2) is 3.36. The van der Waals surface area contributed by atoms with Gasteiger partial charge in [-0.25, -0.2) is 9.79 Å². The lowest BCUT2D eigenvalue weighted by molar-refractivity contribution is -0.136. The van der Waals surface area contributed by atoms with Crippen LogP contribution in [0.25, 0.3) is 0 Å². The molecule has 1 saturated carbocycles. The van der Waals surface area contributed by atoms with Crippen molar-refractivity contribution in [3.05, 3.63) is 0 Å². The summed E-state index contributed by atoms with van der Waals surface area (Å²) in [7, 11) is 0. The van der Waals surface area contributed by atoms with Crippen molar-refractivity contribution in [1.82, 2.24) is 0 Å². The van der Waals surface area contributed by atoms with Gasteiger partial charge in [-0.05, 0) is 32.6 Å². The molecule has 1 atom stereocenters. The highest BCUT2D eigenvalue weighted by Gasteiger charge is 2.29. The molecule has 0 aromatic heterocycles. The number of aliphatic imine (C=N–C) groups is 1. The molecule has 4 heteroatoms. The van der Waals surface area contributed by atoms with Crippen molar-refractivity contribution in [2.75, 3.05) is 0 Å². The SMILES string of the molecule is CC1N=C(OC2CCCC2)OC1=O. The summed E-state index contributed by atoms with van der Waals surface area (Å²) in [6, 6.07) is -0.392. The Hall–Kier alpha value is -1.06. The topological polar surface area (TPSA) is 47.9 Å². The molecule has 4 nitrogen and oxygen atoms in total. The second-order valence-electron chi connectivity index (χ2n) is 3.52. The molecule has 0 aromatic carbocycles. The summed E-state index contributed by atoms with van der Waals surface area (Å²) in [5, 5.41) is 0. The lowest BCUT2D eigenvalue weighted by atomic mass is 10.3. The van der Waals surface area contributed by atoms with Crippen molar-refractivity contribution in [3.8, 4) is 0 Å². The Morgan fingerprint density at radius 3 is 2.69 bits per heavy atom. The Bertz CT molecular complexity index is 243. The Balaban J connectivity index is 1.88. The van der Waals surface area contributed by atoms with Crippen LogP contribution in [0.3, 0.4) is 0 Å². The van der Waals surface area contributed by atoms with Gasteiger partial charge in [0.05, 0.1) is 0 Å². The van der Waals surface area contributed by atoms with Gasteiger partial charge in [-0.2, -0.15) is 0 Å². The average molecular weight is 183 g/mol. The third-order valence-corrected chi connectivity index (χ3v) is 2.40. The smallest absolute Gasteiger partial charge is 0.392 e. The molecule has 1 aliphatic heterocycles. The number of carbonyl (C=O) groups excluding carboxylic acids is 1. The molecule has 1 heterocycles. The molecule has 0 amide bonds. The van der Waals surface area contributed by atoms with Crippen LogP contribution in [0, 0.1) is 0 Å².